The Morgan fingerprint density at radius 1 is 1.07 bits per heavy atom. The predicted molar refractivity (Wildman–Crippen MR) is 112 cm³/mol. The lowest BCUT2D eigenvalue weighted by Gasteiger charge is -2.10. The fourth-order valence-electron chi connectivity index (χ4n) is 3.31. The summed E-state index contributed by atoms with van der Waals surface area (Å²) < 4.78 is 7.76. The van der Waals surface area contributed by atoms with Crippen LogP contribution in [0.1, 0.15) is 16.7 Å². The van der Waals surface area contributed by atoms with Gasteiger partial charge in [0.05, 0.1) is 5.39 Å². The lowest BCUT2D eigenvalue weighted by atomic mass is 10.1. The van der Waals surface area contributed by atoms with Crippen molar-refractivity contribution in [3.05, 3.63) is 76.9 Å². The van der Waals surface area contributed by atoms with Crippen LogP contribution in [-0.4, -0.2) is 19.6 Å². The van der Waals surface area contributed by atoms with Gasteiger partial charge in [-0.3, -0.25) is 0 Å². The lowest BCUT2D eigenvalue weighted by Crippen LogP contribution is -1.97. The third-order valence-corrected chi connectivity index (χ3v) is 5.53. The van der Waals surface area contributed by atoms with E-state index in [9.17, 15) is 0 Å². The van der Waals surface area contributed by atoms with Crippen molar-refractivity contribution in [2.45, 2.75) is 20.5 Å². The summed E-state index contributed by atoms with van der Waals surface area (Å²) in [5.41, 5.74) is 5.26. The summed E-state index contributed by atoms with van der Waals surface area (Å²) in [6, 6.07) is 16.4. The monoisotopic (exact) mass is 386 g/mol. The van der Waals surface area contributed by atoms with E-state index in [1.54, 1.807) is 22.2 Å². The molecule has 0 radical (unpaired) electrons. The van der Waals surface area contributed by atoms with Crippen molar-refractivity contribution < 1.29 is 4.74 Å². The third kappa shape index (κ3) is 3.01. The summed E-state index contributed by atoms with van der Waals surface area (Å²) in [5, 5.41) is 7.66. The number of ether oxygens (including phenoxy) is 1. The predicted octanol–water partition coefficient (Wildman–Crippen LogP) is 5.20. The van der Waals surface area contributed by atoms with E-state index in [1.165, 1.54) is 5.56 Å². The second kappa shape index (κ2) is 6.73. The molecule has 5 rings (SSSR count). The second-order valence-electron chi connectivity index (χ2n) is 6.85. The van der Waals surface area contributed by atoms with Crippen molar-refractivity contribution in [2.24, 2.45) is 0 Å². The van der Waals surface area contributed by atoms with Crippen molar-refractivity contribution in [3.63, 3.8) is 0 Å². The van der Waals surface area contributed by atoms with E-state index in [-0.39, 0.29) is 0 Å². The molecule has 0 bridgehead atoms. The smallest absolute Gasteiger partial charge is 0.182 e. The van der Waals surface area contributed by atoms with E-state index in [0.29, 0.717) is 12.4 Å². The number of benzene rings is 2. The van der Waals surface area contributed by atoms with Crippen molar-refractivity contribution in [1.82, 2.24) is 19.6 Å². The first-order chi connectivity index (χ1) is 13.7. The average molecular weight is 386 g/mol. The number of rotatable bonds is 4. The number of aryl methyl sites for hydroxylation is 2. The highest BCUT2D eigenvalue weighted by molar-refractivity contribution is 7.16. The standard InChI is InChI=1S/C22H18N4OS/c1-14-6-7-19(15(2)10-14)27-12-16-4-3-5-17(11-16)20-24-21-18-8-9-28-22(18)23-13-26(21)25-20/h3-11,13H,12H2,1-2H3. The van der Waals surface area contributed by atoms with E-state index < -0.39 is 0 Å². The van der Waals surface area contributed by atoms with Gasteiger partial charge >= 0.3 is 0 Å². The number of nitrogens with zero attached hydrogens (tertiary/aromatic N) is 4. The molecule has 0 aliphatic carbocycles. The van der Waals surface area contributed by atoms with E-state index in [2.05, 4.69) is 48.2 Å². The van der Waals surface area contributed by atoms with Crippen LogP contribution in [0.4, 0.5) is 0 Å². The van der Waals surface area contributed by atoms with Crippen molar-refractivity contribution in [2.75, 3.05) is 0 Å². The molecular weight excluding hydrogens is 368 g/mol. The summed E-state index contributed by atoms with van der Waals surface area (Å²) in [7, 11) is 0. The molecule has 138 valence electrons. The summed E-state index contributed by atoms with van der Waals surface area (Å²) in [4.78, 5) is 10.1. The average Bonchev–Trinajstić information content (AvgIpc) is 3.34. The molecule has 0 spiro atoms. The van der Waals surface area contributed by atoms with Gasteiger partial charge in [-0.05, 0) is 48.6 Å². The van der Waals surface area contributed by atoms with Crippen molar-refractivity contribution in [3.8, 4) is 17.1 Å². The van der Waals surface area contributed by atoms with Gasteiger partial charge in [0.1, 0.15) is 23.5 Å². The zero-order valence-corrected chi connectivity index (χ0v) is 16.4. The van der Waals surface area contributed by atoms with Gasteiger partial charge in [0.15, 0.2) is 11.5 Å². The first-order valence-corrected chi connectivity index (χ1v) is 9.93. The first kappa shape index (κ1) is 16.9. The van der Waals surface area contributed by atoms with Gasteiger partial charge in [0, 0.05) is 5.56 Å². The molecule has 0 aliphatic rings. The van der Waals surface area contributed by atoms with Crippen LogP contribution in [0.2, 0.25) is 0 Å². The van der Waals surface area contributed by atoms with Crippen LogP contribution in [0.25, 0.3) is 27.3 Å². The van der Waals surface area contributed by atoms with E-state index >= 15 is 0 Å². The Hall–Kier alpha value is -3.25. The van der Waals surface area contributed by atoms with Gasteiger partial charge in [-0.15, -0.1) is 16.4 Å². The maximum Gasteiger partial charge on any atom is 0.182 e. The second-order valence-corrected chi connectivity index (χ2v) is 7.74. The van der Waals surface area contributed by atoms with Gasteiger partial charge in [-0.2, -0.15) is 0 Å². The quantitative estimate of drug-likeness (QED) is 0.426. The highest BCUT2D eigenvalue weighted by atomic mass is 32.1. The molecule has 5 aromatic rings. The highest BCUT2D eigenvalue weighted by Crippen LogP contribution is 2.25. The normalized spacial score (nSPS) is 11.4. The molecule has 0 fully saturated rings. The molecule has 0 saturated heterocycles. The maximum absolute atomic E-state index is 6.02. The maximum atomic E-state index is 6.02. The van der Waals surface area contributed by atoms with E-state index in [0.717, 1.165) is 38.3 Å². The molecule has 0 aliphatic heterocycles. The number of hydrogen-bond donors (Lipinski definition) is 0. The minimum absolute atomic E-state index is 0.501. The molecule has 0 saturated carbocycles. The molecule has 3 aromatic heterocycles. The summed E-state index contributed by atoms with van der Waals surface area (Å²) in [6.45, 7) is 4.65. The zero-order valence-electron chi connectivity index (χ0n) is 15.6. The molecule has 0 unspecified atom stereocenters. The molecule has 2 aromatic carbocycles. The Balaban J connectivity index is 1.44. The van der Waals surface area contributed by atoms with Crippen LogP contribution in [-0.2, 0) is 6.61 Å². The minimum atomic E-state index is 0.501. The number of thiophene rings is 1. The van der Waals surface area contributed by atoms with Crippen LogP contribution in [0.3, 0.4) is 0 Å². The number of hydrogen-bond acceptors (Lipinski definition) is 5. The van der Waals surface area contributed by atoms with Crippen LogP contribution in [0, 0.1) is 13.8 Å². The molecule has 0 N–H and O–H groups in total. The van der Waals surface area contributed by atoms with Gasteiger partial charge in [-0.1, -0.05) is 35.9 Å². The largest absolute Gasteiger partial charge is 0.489 e. The van der Waals surface area contributed by atoms with Crippen LogP contribution in [0.15, 0.2) is 60.2 Å². The summed E-state index contributed by atoms with van der Waals surface area (Å²) >= 11 is 1.61. The van der Waals surface area contributed by atoms with Gasteiger partial charge in [-0.25, -0.2) is 14.5 Å². The number of aromatic nitrogens is 4. The Morgan fingerprint density at radius 2 is 2.00 bits per heavy atom. The molecular formula is C22H18N4OS. The summed E-state index contributed by atoms with van der Waals surface area (Å²) in [6.07, 6.45) is 1.72. The summed E-state index contributed by atoms with van der Waals surface area (Å²) in [5.74, 6) is 1.60. The molecule has 28 heavy (non-hydrogen) atoms. The molecule has 0 atom stereocenters. The topological polar surface area (TPSA) is 52.3 Å². The lowest BCUT2D eigenvalue weighted by molar-refractivity contribution is 0.304. The molecule has 0 amide bonds. The Morgan fingerprint density at radius 3 is 2.89 bits per heavy atom. The fraction of sp³-hybridized carbons (Fsp3) is 0.136. The van der Waals surface area contributed by atoms with Gasteiger partial charge in [0.25, 0.3) is 0 Å². The van der Waals surface area contributed by atoms with Crippen molar-refractivity contribution in [1.29, 1.82) is 0 Å². The Kier molecular flexibility index (Phi) is 4.06. The first-order valence-electron chi connectivity index (χ1n) is 9.05. The van der Waals surface area contributed by atoms with Gasteiger partial charge in [0.2, 0.25) is 0 Å². The Labute approximate surface area is 166 Å². The Bertz CT molecular complexity index is 1300. The van der Waals surface area contributed by atoms with Crippen LogP contribution in [0.5, 0.6) is 5.75 Å². The molecule has 6 heteroatoms. The molecule has 3 heterocycles. The number of fused-ring (bicyclic) bond motifs is 3. The van der Waals surface area contributed by atoms with Crippen LogP contribution < -0.4 is 4.74 Å². The highest BCUT2D eigenvalue weighted by Gasteiger charge is 2.11. The fourth-order valence-corrected chi connectivity index (χ4v) is 4.04. The van der Waals surface area contributed by atoms with Crippen LogP contribution >= 0.6 is 11.3 Å². The SMILES string of the molecule is Cc1ccc(OCc2cccc(-c3nc4c5ccsc5ncn4n3)c2)c(C)c1. The minimum Gasteiger partial charge on any atom is -0.489 e. The van der Waals surface area contributed by atoms with E-state index in [1.807, 2.05) is 29.6 Å². The van der Waals surface area contributed by atoms with Gasteiger partial charge < -0.3 is 4.74 Å². The van der Waals surface area contributed by atoms with E-state index in [4.69, 9.17) is 9.72 Å². The van der Waals surface area contributed by atoms with Crippen molar-refractivity contribution >= 4 is 27.2 Å². The molecule has 5 nitrogen and oxygen atoms in total. The zero-order chi connectivity index (χ0) is 19.1. The third-order valence-electron chi connectivity index (χ3n) is 4.71.